The summed E-state index contributed by atoms with van der Waals surface area (Å²) in [5.74, 6) is 1.13. The fourth-order valence-electron chi connectivity index (χ4n) is 2.75. The zero-order chi connectivity index (χ0) is 20.8. The molecule has 3 rings (SSSR count). The van der Waals surface area contributed by atoms with Crippen LogP contribution in [0.15, 0.2) is 66.3 Å². The van der Waals surface area contributed by atoms with Gasteiger partial charge in [0.15, 0.2) is 5.16 Å². The second kappa shape index (κ2) is 9.62. The number of nitrogens with zero attached hydrogens (tertiary/aromatic N) is 3. The molecule has 0 fully saturated rings. The SMILES string of the molecule is C=CCn1c(C)nnc1SC(C(=O)Nc1ccc(OC)c(Cl)c1)c1ccccc1. The third-order valence-electron chi connectivity index (χ3n) is 4.20. The number of rotatable bonds is 8. The van der Waals surface area contributed by atoms with Crippen LogP contribution in [0, 0.1) is 6.92 Å². The van der Waals surface area contributed by atoms with E-state index in [2.05, 4.69) is 22.1 Å². The van der Waals surface area contributed by atoms with Gasteiger partial charge in [0, 0.05) is 12.2 Å². The zero-order valence-corrected chi connectivity index (χ0v) is 17.7. The van der Waals surface area contributed by atoms with Crippen LogP contribution in [0.1, 0.15) is 16.6 Å². The van der Waals surface area contributed by atoms with Crippen LogP contribution in [0.2, 0.25) is 5.02 Å². The highest BCUT2D eigenvalue weighted by Crippen LogP contribution is 2.36. The highest BCUT2D eigenvalue weighted by molar-refractivity contribution is 8.00. The lowest BCUT2D eigenvalue weighted by Crippen LogP contribution is -2.19. The highest BCUT2D eigenvalue weighted by atomic mass is 35.5. The van der Waals surface area contributed by atoms with Crippen molar-refractivity contribution in [1.82, 2.24) is 14.8 Å². The van der Waals surface area contributed by atoms with E-state index < -0.39 is 5.25 Å². The van der Waals surface area contributed by atoms with Crippen molar-refractivity contribution in [2.45, 2.75) is 23.9 Å². The molecular weight excluding hydrogens is 408 g/mol. The van der Waals surface area contributed by atoms with Crippen molar-refractivity contribution in [3.8, 4) is 5.75 Å². The van der Waals surface area contributed by atoms with Crippen molar-refractivity contribution in [2.24, 2.45) is 0 Å². The number of nitrogens with one attached hydrogen (secondary N) is 1. The van der Waals surface area contributed by atoms with Crippen molar-refractivity contribution < 1.29 is 9.53 Å². The molecule has 2 aromatic carbocycles. The molecule has 0 saturated carbocycles. The lowest BCUT2D eigenvalue weighted by atomic mass is 10.1. The largest absolute Gasteiger partial charge is 0.495 e. The van der Waals surface area contributed by atoms with Gasteiger partial charge in [-0.2, -0.15) is 0 Å². The Labute approximate surface area is 178 Å². The van der Waals surface area contributed by atoms with Crippen LogP contribution in [0.5, 0.6) is 5.75 Å². The fraction of sp³-hybridized carbons (Fsp3) is 0.190. The minimum Gasteiger partial charge on any atom is -0.495 e. The van der Waals surface area contributed by atoms with Crippen molar-refractivity contribution in [2.75, 3.05) is 12.4 Å². The van der Waals surface area contributed by atoms with Crippen molar-refractivity contribution in [3.05, 3.63) is 77.6 Å². The Kier molecular flexibility index (Phi) is 6.95. The molecule has 0 bridgehead atoms. The summed E-state index contributed by atoms with van der Waals surface area (Å²) in [7, 11) is 1.54. The summed E-state index contributed by atoms with van der Waals surface area (Å²) >= 11 is 7.53. The van der Waals surface area contributed by atoms with Crippen LogP contribution in [0.25, 0.3) is 0 Å². The molecule has 0 saturated heterocycles. The molecule has 150 valence electrons. The molecule has 3 aromatic rings. The van der Waals surface area contributed by atoms with Crippen LogP contribution in [-0.2, 0) is 11.3 Å². The Morgan fingerprint density at radius 1 is 1.31 bits per heavy atom. The fourth-order valence-corrected chi connectivity index (χ4v) is 4.10. The number of ether oxygens (including phenoxy) is 1. The third kappa shape index (κ3) is 4.99. The minimum atomic E-state index is -0.524. The Morgan fingerprint density at radius 3 is 2.72 bits per heavy atom. The van der Waals surface area contributed by atoms with Gasteiger partial charge >= 0.3 is 0 Å². The van der Waals surface area contributed by atoms with Crippen molar-refractivity contribution >= 4 is 35.0 Å². The number of methoxy groups -OCH3 is 1. The standard InChI is InChI=1S/C21H21ClN4O2S/c1-4-12-26-14(2)24-25-21(26)29-19(15-8-6-5-7-9-15)20(27)23-16-10-11-18(28-3)17(22)13-16/h4-11,13,19H,1,12H2,2-3H3,(H,23,27). The Bertz CT molecular complexity index is 1010. The number of carbonyl (C=O) groups is 1. The summed E-state index contributed by atoms with van der Waals surface area (Å²) in [6.07, 6.45) is 1.78. The van der Waals surface area contributed by atoms with Gasteiger partial charge in [0.05, 0.1) is 12.1 Å². The van der Waals surface area contributed by atoms with Crippen LogP contribution < -0.4 is 10.1 Å². The van der Waals surface area contributed by atoms with Crippen molar-refractivity contribution in [1.29, 1.82) is 0 Å². The molecule has 29 heavy (non-hydrogen) atoms. The number of benzene rings is 2. The molecule has 1 heterocycles. The summed E-state index contributed by atoms with van der Waals surface area (Å²) in [6.45, 7) is 6.22. The smallest absolute Gasteiger partial charge is 0.242 e. The maximum Gasteiger partial charge on any atom is 0.242 e. The van der Waals surface area contributed by atoms with Gasteiger partial charge in [-0.3, -0.25) is 4.79 Å². The van der Waals surface area contributed by atoms with Crippen LogP contribution in [0.4, 0.5) is 5.69 Å². The molecular formula is C21H21ClN4O2S. The number of aryl methyl sites for hydroxylation is 1. The van der Waals surface area contributed by atoms with Gasteiger partial charge in [-0.05, 0) is 30.7 Å². The van der Waals surface area contributed by atoms with E-state index in [9.17, 15) is 4.79 Å². The number of anilines is 1. The van der Waals surface area contributed by atoms with E-state index in [1.54, 1.807) is 31.4 Å². The summed E-state index contributed by atoms with van der Waals surface area (Å²) < 4.78 is 7.09. The molecule has 6 nitrogen and oxygen atoms in total. The second-order valence-corrected chi connectivity index (χ2v) is 7.66. The first kappa shape index (κ1) is 21.0. The molecule has 0 aliphatic heterocycles. The monoisotopic (exact) mass is 428 g/mol. The molecule has 0 radical (unpaired) electrons. The number of thioether (sulfide) groups is 1. The summed E-state index contributed by atoms with van der Waals surface area (Å²) in [5.41, 5.74) is 1.45. The van der Waals surface area contributed by atoms with E-state index in [0.717, 1.165) is 11.4 Å². The molecule has 1 N–H and O–H groups in total. The average molecular weight is 429 g/mol. The minimum absolute atomic E-state index is 0.187. The average Bonchev–Trinajstić information content (AvgIpc) is 3.06. The number of allylic oxidation sites excluding steroid dienone is 1. The molecule has 0 aliphatic carbocycles. The van der Waals surface area contributed by atoms with Gasteiger partial charge < -0.3 is 14.6 Å². The first-order valence-corrected chi connectivity index (χ1v) is 10.2. The van der Waals surface area contributed by atoms with E-state index in [-0.39, 0.29) is 5.91 Å². The maximum atomic E-state index is 13.2. The van der Waals surface area contributed by atoms with Crippen LogP contribution in [0.3, 0.4) is 0 Å². The Morgan fingerprint density at radius 2 is 2.07 bits per heavy atom. The lowest BCUT2D eigenvalue weighted by Gasteiger charge is -2.17. The van der Waals surface area contributed by atoms with E-state index in [1.807, 2.05) is 41.8 Å². The molecule has 1 amide bonds. The van der Waals surface area contributed by atoms with Gasteiger partial charge in [-0.1, -0.05) is 59.8 Å². The Balaban J connectivity index is 1.89. The molecule has 8 heteroatoms. The topological polar surface area (TPSA) is 69.0 Å². The van der Waals surface area contributed by atoms with Gasteiger partial charge in [0.2, 0.25) is 5.91 Å². The van der Waals surface area contributed by atoms with Gasteiger partial charge in [0.25, 0.3) is 0 Å². The molecule has 0 spiro atoms. The highest BCUT2D eigenvalue weighted by Gasteiger charge is 2.25. The number of amides is 1. The number of hydrogen-bond acceptors (Lipinski definition) is 5. The number of aromatic nitrogens is 3. The normalized spacial score (nSPS) is 11.7. The number of hydrogen-bond donors (Lipinski definition) is 1. The third-order valence-corrected chi connectivity index (χ3v) is 5.73. The molecule has 1 atom stereocenters. The first-order valence-electron chi connectivity index (χ1n) is 8.90. The number of halogens is 1. The van der Waals surface area contributed by atoms with Crippen molar-refractivity contribution in [3.63, 3.8) is 0 Å². The van der Waals surface area contributed by atoms with E-state index >= 15 is 0 Å². The second-order valence-electron chi connectivity index (χ2n) is 6.18. The molecule has 0 aliphatic rings. The number of carbonyl (C=O) groups excluding carboxylic acids is 1. The van der Waals surface area contributed by atoms with Crippen LogP contribution in [-0.4, -0.2) is 27.8 Å². The van der Waals surface area contributed by atoms with E-state index in [0.29, 0.717) is 28.2 Å². The predicted molar refractivity (Wildman–Crippen MR) is 117 cm³/mol. The van der Waals surface area contributed by atoms with Gasteiger partial charge in [0.1, 0.15) is 16.8 Å². The Hall–Kier alpha value is -2.77. The zero-order valence-electron chi connectivity index (χ0n) is 16.1. The maximum absolute atomic E-state index is 13.2. The molecule has 1 unspecified atom stereocenters. The lowest BCUT2D eigenvalue weighted by molar-refractivity contribution is -0.115. The predicted octanol–water partition coefficient (Wildman–Crippen LogP) is 4.91. The summed E-state index contributed by atoms with van der Waals surface area (Å²) in [5, 5.41) is 11.9. The molecule has 1 aromatic heterocycles. The summed E-state index contributed by atoms with van der Waals surface area (Å²) in [6, 6.07) is 14.7. The summed E-state index contributed by atoms with van der Waals surface area (Å²) in [4.78, 5) is 13.2. The van der Waals surface area contributed by atoms with Crippen LogP contribution >= 0.6 is 23.4 Å². The van der Waals surface area contributed by atoms with Gasteiger partial charge in [-0.25, -0.2) is 0 Å². The first-order chi connectivity index (χ1) is 14.0. The van der Waals surface area contributed by atoms with Gasteiger partial charge in [-0.15, -0.1) is 16.8 Å². The van der Waals surface area contributed by atoms with E-state index in [1.165, 1.54) is 11.8 Å². The quantitative estimate of drug-likeness (QED) is 0.408. The van der Waals surface area contributed by atoms with E-state index in [4.69, 9.17) is 16.3 Å².